The van der Waals surface area contributed by atoms with Gasteiger partial charge in [-0.15, -0.1) is 0 Å². The molecule has 1 amide bonds. The van der Waals surface area contributed by atoms with Gasteiger partial charge >= 0.3 is 0 Å². The van der Waals surface area contributed by atoms with Crippen molar-refractivity contribution in [2.45, 2.75) is 39.7 Å². The van der Waals surface area contributed by atoms with Gasteiger partial charge in [-0.2, -0.15) is 0 Å². The molecule has 0 aliphatic carbocycles. The summed E-state index contributed by atoms with van der Waals surface area (Å²) in [4.78, 5) is 14.2. The van der Waals surface area contributed by atoms with E-state index in [1.165, 1.54) is 12.7 Å². The summed E-state index contributed by atoms with van der Waals surface area (Å²) in [5, 5.41) is 0. The van der Waals surface area contributed by atoms with Gasteiger partial charge in [-0.25, -0.2) is 0 Å². The molecule has 1 aromatic rings. The number of amides is 1. The average molecular weight is 250 g/mol. The molecule has 0 unspecified atom stereocenters. The maximum Gasteiger partial charge on any atom is 0.257 e. The second-order valence-corrected chi connectivity index (χ2v) is 5.82. The van der Waals surface area contributed by atoms with Crippen LogP contribution in [0.5, 0.6) is 0 Å². The minimum Gasteiger partial charge on any atom is -0.467 e. The molecule has 0 atom stereocenters. The number of carbonyl (C=O) groups is 1. The van der Waals surface area contributed by atoms with Gasteiger partial charge in [0.1, 0.15) is 12.0 Å². The minimum absolute atomic E-state index is 0.0659. The second-order valence-electron chi connectivity index (χ2n) is 5.82. The van der Waals surface area contributed by atoms with E-state index >= 15 is 0 Å². The van der Waals surface area contributed by atoms with Gasteiger partial charge in [-0.3, -0.25) is 4.79 Å². The zero-order chi connectivity index (χ0) is 13.2. The Morgan fingerprint density at radius 1 is 1.44 bits per heavy atom. The van der Waals surface area contributed by atoms with Gasteiger partial charge in [-0.05, 0) is 30.7 Å². The van der Waals surface area contributed by atoms with Gasteiger partial charge in [-0.1, -0.05) is 13.8 Å². The molecule has 1 aromatic heterocycles. The van der Waals surface area contributed by atoms with E-state index in [4.69, 9.17) is 10.2 Å². The van der Waals surface area contributed by atoms with Crippen LogP contribution in [-0.4, -0.2) is 23.9 Å². The molecule has 0 bridgehead atoms. The molecule has 2 rings (SSSR count). The molecule has 4 nitrogen and oxygen atoms in total. The summed E-state index contributed by atoms with van der Waals surface area (Å²) in [5.74, 6) is 0.727. The fourth-order valence-electron chi connectivity index (χ4n) is 2.41. The monoisotopic (exact) mass is 250 g/mol. The van der Waals surface area contributed by atoms with Crippen molar-refractivity contribution in [2.24, 2.45) is 11.1 Å². The van der Waals surface area contributed by atoms with Crippen LogP contribution in [-0.2, 0) is 6.54 Å². The van der Waals surface area contributed by atoms with Crippen LogP contribution in [0.1, 0.15) is 49.2 Å². The van der Waals surface area contributed by atoms with Crippen molar-refractivity contribution in [1.82, 2.24) is 4.90 Å². The predicted molar refractivity (Wildman–Crippen MR) is 70.1 cm³/mol. The SMILES string of the molecule is CC1(C)CCCN(C(=O)c2coc(CN)c2)CC1. The average Bonchev–Trinajstić information content (AvgIpc) is 2.74. The molecule has 100 valence electrons. The number of furan rings is 1. The maximum absolute atomic E-state index is 12.3. The van der Waals surface area contributed by atoms with Crippen LogP contribution in [0.4, 0.5) is 0 Å². The Morgan fingerprint density at radius 2 is 2.22 bits per heavy atom. The maximum atomic E-state index is 12.3. The molecule has 0 aromatic carbocycles. The highest BCUT2D eigenvalue weighted by molar-refractivity contribution is 5.94. The van der Waals surface area contributed by atoms with Crippen LogP contribution in [0, 0.1) is 5.41 Å². The standard InChI is InChI=1S/C14H22N2O2/c1-14(2)4-3-6-16(7-5-14)13(17)11-8-12(9-15)18-10-11/h8,10H,3-7,9,15H2,1-2H3. The molecule has 1 saturated heterocycles. The van der Waals surface area contributed by atoms with E-state index < -0.39 is 0 Å². The Bertz CT molecular complexity index is 423. The van der Waals surface area contributed by atoms with Gasteiger partial charge < -0.3 is 15.1 Å². The lowest BCUT2D eigenvalue weighted by Crippen LogP contribution is -2.32. The van der Waals surface area contributed by atoms with E-state index in [-0.39, 0.29) is 5.91 Å². The fraction of sp³-hybridized carbons (Fsp3) is 0.643. The lowest BCUT2D eigenvalue weighted by molar-refractivity contribution is 0.0756. The number of rotatable bonds is 2. The van der Waals surface area contributed by atoms with Gasteiger partial charge in [0.25, 0.3) is 5.91 Å². The van der Waals surface area contributed by atoms with Gasteiger partial charge in [0, 0.05) is 13.1 Å². The molecular formula is C14H22N2O2. The Balaban J connectivity index is 2.05. The van der Waals surface area contributed by atoms with Crippen LogP contribution >= 0.6 is 0 Å². The first-order valence-electron chi connectivity index (χ1n) is 6.58. The van der Waals surface area contributed by atoms with Crippen LogP contribution in [0.25, 0.3) is 0 Å². The van der Waals surface area contributed by atoms with E-state index in [1.54, 1.807) is 6.07 Å². The number of nitrogens with zero attached hydrogens (tertiary/aromatic N) is 1. The van der Waals surface area contributed by atoms with Crippen molar-refractivity contribution in [2.75, 3.05) is 13.1 Å². The molecular weight excluding hydrogens is 228 g/mol. The second kappa shape index (κ2) is 5.14. The zero-order valence-electron chi connectivity index (χ0n) is 11.2. The van der Waals surface area contributed by atoms with E-state index in [0.717, 1.165) is 25.9 Å². The smallest absolute Gasteiger partial charge is 0.257 e. The predicted octanol–water partition coefficient (Wildman–Crippen LogP) is 2.39. The van der Waals surface area contributed by atoms with Gasteiger partial charge in [0.15, 0.2) is 0 Å². The van der Waals surface area contributed by atoms with Crippen molar-refractivity contribution < 1.29 is 9.21 Å². The molecule has 0 radical (unpaired) electrons. The van der Waals surface area contributed by atoms with Crippen LogP contribution < -0.4 is 5.73 Å². The van der Waals surface area contributed by atoms with Crippen molar-refractivity contribution in [1.29, 1.82) is 0 Å². The van der Waals surface area contributed by atoms with Crippen molar-refractivity contribution >= 4 is 5.91 Å². The van der Waals surface area contributed by atoms with Crippen LogP contribution in [0.3, 0.4) is 0 Å². The molecule has 0 spiro atoms. The largest absolute Gasteiger partial charge is 0.467 e. The molecule has 18 heavy (non-hydrogen) atoms. The lowest BCUT2D eigenvalue weighted by atomic mass is 9.85. The van der Waals surface area contributed by atoms with Gasteiger partial charge in [0.05, 0.1) is 12.1 Å². The van der Waals surface area contributed by atoms with Crippen molar-refractivity contribution in [3.05, 3.63) is 23.7 Å². The molecule has 2 heterocycles. The summed E-state index contributed by atoms with van der Waals surface area (Å²) in [6.45, 7) is 6.54. The lowest BCUT2D eigenvalue weighted by Gasteiger charge is -2.23. The normalized spacial score (nSPS) is 19.6. The van der Waals surface area contributed by atoms with E-state index in [0.29, 0.717) is 23.3 Å². The van der Waals surface area contributed by atoms with Crippen LogP contribution in [0.2, 0.25) is 0 Å². The third kappa shape index (κ3) is 2.93. The van der Waals surface area contributed by atoms with Crippen LogP contribution in [0.15, 0.2) is 16.7 Å². The highest BCUT2D eigenvalue weighted by Gasteiger charge is 2.26. The zero-order valence-corrected chi connectivity index (χ0v) is 11.2. The Morgan fingerprint density at radius 3 is 2.89 bits per heavy atom. The van der Waals surface area contributed by atoms with E-state index in [9.17, 15) is 4.79 Å². The summed E-state index contributed by atoms with van der Waals surface area (Å²) in [7, 11) is 0. The summed E-state index contributed by atoms with van der Waals surface area (Å²) in [6, 6.07) is 1.75. The highest BCUT2D eigenvalue weighted by Crippen LogP contribution is 2.30. The highest BCUT2D eigenvalue weighted by atomic mass is 16.3. The quantitative estimate of drug-likeness (QED) is 0.876. The topological polar surface area (TPSA) is 59.5 Å². The molecule has 4 heteroatoms. The third-order valence-electron chi connectivity index (χ3n) is 3.73. The van der Waals surface area contributed by atoms with Gasteiger partial charge in [0.2, 0.25) is 0 Å². The minimum atomic E-state index is 0.0659. The first-order chi connectivity index (χ1) is 8.52. The molecule has 1 aliphatic rings. The summed E-state index contributed by atoms with van der Waals surface area (Å²) in [5.41, 5.74) is 6.45. The molecule has 0 saturated carbocycles. The Labute approximate surface area is 108 Å². The summed E-state index contributed by atoms with van der Waals surface area (Å²) >= 11 is 0. The number of hydrogen-bond acceptors (Lipinski definition) is 3. The summed E-state index contributed by atoms with van der Waals surface area (Å²) in [6.07, 6.45) is 4.82. The number of nitrogens with two attached hydrogens (primary N) is 1. The van der Waals surface area contributed by atoms with Crippen molar-refractivity contribution in [3.8, 4) is 0 Å². The van der Waals surface area contributed by atoms with E-state index in [1.807, 2.05) is 4.90 Å². The molecule has 2 N–H and O–H groups in total. The number of likely N-dealkylation sites (tertiary alicyclic amines) is 1. The molecule has 1 fully saturated rings. The summed E-state index contributed by atoms with van der Waals surface area (Å²) < 4.78 is 5.23. The van der Waals surface area contributed by atoms with E-state index in [2.05, 4.69) is 13.8 Å². The van der Waals surface area contributed by atoms with Crippen molar-refractivity contribution in [3.63, 3.8) is 0 Å². The third-order valence-corrected chi connectivity index (χ3v) is 3.73. The first-order valence-corrected chi connectivity index (χ1v) is 6.58. The Kier molecular flexibility index (Phi) is 3.76. The fourth-order valence-corrected chi connectivity index (χ4v) is 2.41. The molecule has 1 aliphatic heterocycles. The Hall–Kier alpha value is -1.29. The number of hydrogen-bond donors (Lipinski definition) is 1. The number of carbonyl (C=O) groups excluding carboxylic acids is 1. The first kappa shape index (κ1) is 13.1.